The molecule has 0 aliphatic carbocycles. The standard InChI is InChI=1S/C18H16BrN5O2/c19-13-6-8-14(9-7-13)26-18-16(20)17(21-11-22-18)24-23-15(25)10-12-4-2-1-3-5-12/h1-9,11H,10,20H2,(H,23,25)(H,21,22,24). The second-order valence-electron chi connectivity index (χ2n) is 5.33. The molecular formula is C18H16BrN5O2. The number of nitrogen functional groups attached to an aromatic ring is 1. The van der Waals surface area contributed by atoms with E-state index in [1.807, 2.05) is 42.5 Å². The van der Waals surface area contributed by atoms with E-state index in [1.165, 1.54) is 6.33 Å². The number of amides is 1. The molecule has 0 unspecified atom stereocenters. The number of nitrogens with zero attached hydrogens (tertiary/aromatic N) is 2. The van der Waals surface area contributed by atoms with Crippen molar-refractivity contribution in [2.75, 3.05) is 11.2 Å². The number of nitrogens with one attached hydrogen (secondary N) is 2. The van der Waals surface area contributed by atoms with Gasteiger partial charge in [-0.05, 0) is 29.8 Å². The number of ether oxygens (including phenoxy) is 1. The Balaban J connectivity index is 1.63. The summed E-state index contributed by atoms with van der Waals surface area (Å²) >= 11 is 3.36. The summed E-state index contributed by atoms with van der Waals surface area (Å²) in [4.78, 5) is 20.1. The highest BCUT2D eigenvalue weighted by Gasteiger charge is 2.11. The molecule has 0 spiro atoms. The van der Waals surface area contributed by atoms with Gasteiger partial charge in [-0.25, -0.2) is 4.98 Å². The van der Waals surface area contributed by atoms with Crippen molar-refractivity contribution >= 4 is 33.3 Å². The maximum absolute atomic E-state index is 12.0. The monoisotopic (exact) mass is 413 g/mol. The first-order chi connectivity index (χ1) is 12.6. The van der Waals surface area contributed by atoms with E-state index in [-0.39, 0.29) is 29.7 Å². The minimum absolute atomic E-state index is 0.190. The lowest BCUT2D eigenvalue weighted by molar-refractivity contribution is -0.119. The number of rotatable bonds is 6. The van der Waals surface area contributed by atoms with Crippen molar-refractivity contribution in [3.63, 3.8) is 0 Å². The van der Waals surface area contributed by atoms with Gasteiger partial charge < -0.3 is 10.5 Å². The average Bonchev–Trinajstić information content (AvgIpc) is 2.65. The fraction of sp³-hybridized carbons (Fsp3) is 0.0556. The van der Waals surface area contributed by atoms with Gasteiger partial charge in [0, 0.05) is 4.47 Å². The van der Waals surface area contributed by atoms with Gasteiger partial charge in [-0.3, -0.25) is 15.6 Å². The number of carbonyl (C=O) groups is 1. The quantitative estimate of drug-likeness (QED) is 0.535. The van der Waals surface area contributed by atoms with Crippen LogP contribution in [-0.2, 0) is 11.2 Å². The van der Waals surface area contributed by atoms with E-state index in [2.05, 4.69) is 36.7 Å². The van der Waals surface area contributed by atoms with Crippen LogP contribution >= 0.6 is 15.9 Å². The molecule has 0 radical (unpaired) electrons. The third-order valence-electron chi connectivity index (χ3n) is 3.40. The van der Waals surface area contributed by atoms with Crippen molar-refractivity contribution < 1.29 is 9.53 Å². The zero-order valence-electron chi connectivity index (χ0n) is 13.6. The van der Waals surface area contributed by atoms with Crippen LogP contribution in [0.2, 0.25) is 0 Å². The number of hydrogen-bond donors (Lipinski definition) is 3. The third-order valence-corrected chi connectivity index (χ3v) is 3.93. The van der Waals surface area contributed by atoms with Crippen molar-refractivity contribution in [1.29, 1.82) is 0 Å². The predicted octanol–water partition coefficient (Wildman–Crippen LogP) is 3.30. The van der Waals surface area contributed by atoms with E-state index in [1.54, 1.807) is 12.1 Å². The molecule has 1 heterocycles. The Morgan fingerprint density at radius 3 is 2.54 bits per heavy atom. The van der Waals surface area contributed by atoms with E-state index in [0.717, 1.165) is 10.0 Å². The van der Waals surface area contributed by atoms with Gasteiger partial charge in [0.2, 0.25) is 11.8 Å². The molecule has 1 aromatic heterocycles. The molecule has 0 atom stereocenters. The van der Waals surface area contributed by atoms with Crippen LogP contribution in [-0.4, -0.2) is 15.9 Å². The molecular weight excluding hydrogens is 398 g/mol. The van der Waals surface area contributed by atoms with E-state index >= 15 is 0 Å². The van der Waals surface area contributed by atoms with Gasteiger partial charge in [-0.1, -0.05) is 46.3 Å². The average molecular weight is 414 g/mol. The van der Waals surface area contributed by atoms with Gasteiger partial charge >= 0.3 is 0 Å². The Hall–Kier alpha value is -3.13. The number of hydrazine groups is 1. The SMILES string of the molecule is Nc1c(NNC(=O)Cc2ccccc2)ncnc1Oc1ccc(Br)cc1. The summed E-state index contributed by atoms with van der Waals surface area (Å²) in [5, 5.41) is 0. The largest absolute Gasteiger partial charge is 0.437 e. The lowest BCUT2D eigenvalue weighted by atomic mass is 10.1. The van der Waals surface area contributed by atoms with Crippen LogP contribution in [0.15, 0.2) is 65.4 Å². The Morgan fingerprint density at radius 2 is 1.81 bits per heavy atom. The highest BCUT2D eigenvalue weighted by atomic mass is 79.9. The molecule has 0 bridgehead atoms. The molecule has 0 aliphatic rings. The van der Waals surface area contributed by atoms with Crippen LogP contribution in [0.3, 0.4) is 0 Å². The molecule has 0 saturated heterocycles. The molecule has 0 aliphatic heterocycles. The molecule has 2 aromatic carbocycles. The predicted molar refractivity (Wildman–Crippen MR) is 103 cm³/mol. The van der Waals surface area contributed by atoms with Crippen LogP contribution in [0.5, 0.6) is 11.6 Å². The number of anilines is 2. The van der Waals surface area contributed by atoms with Gasteiger partial charge in [-0.2, -0.15) is 4.98 Å². The lowest BCUT2D eigenvalue weighted by Gasteiger charge is -2.12. The summed E-state index contributed by atoms with van der Waals surface area (Å²) in [6.45, 7) is 0. The van der Waals surface area contributed by atoms with Crippen LogP contribution in [0, 0.1) is 0 Å². The molecule has 132 valence electrons. The number of aromatic nitrogens is 2. The molecule has 4 N–H and O–H groups in total. The zero-order chi connectivity index (χ0) is 18.4. The van der Waals surface area contributed by atoms with E-state index in [9.17, 15) is 4.79 Å². The Morgan fingerprint density at radius 1 is 1.08 bits per heavy atom. The summed E-state index contributed by atoms with van der Waals surface area (Å²) in [7, 11) is 0. The minimum atomic E-state index is -0.218. The van der Waals surface area contributed by atoms with Crippen molar-refractivity contribution in [3.05, 3.63) is 71.0 Å². The summed E-state index contributed by atoms with van der Waals surface area (Å²) in [5.41, 5.74) is 12.4. The smallest absolute Gasteiger partial charge is 0.248 e. The second-order valence-corrected chi connectivity index (χ2v) is 6.25. The second kappa shape index (κ2) is 8.30. The highest BCUT2D eigenvalue weighted by molar-refractivity contribution is 9.10. The topological polar surface area (TPSA) is 102 Å². The van der Waals surface area contributed by atoms with E-state index < -0.39 is 0 Å². The van der Waals surface area contributed by atoms with Gasteiger partial charge in [0.15, 0.2) is 5.82 Å². The van der Waals surface area contributed by atoms with Crippen molar-refractivity contribution in [1.82, 2.24) is 15.4 Å². The summed E-state index contributed by atoms with van der Waals surface area (Å²) < 4.78 is 6.59. The molecule has 1 amide bonds. The summed E-state index contributed by atoms with van der Waals surface area (Å²) in [5.74, 6) is 0.818. The van der Waals surface area contributed by atoms with Crippen molar-refractivity contribution in [2.24, 2.45) is 0 Å². The summed E-state index contributed by atoms with van der Waals surface area (Å²) in [6, 6.07) is 16.7. The number of nitrogens with two attached hydrogens (primary N) is 1. The van der Waals surface area contributed by atoms with Crippen molar-refractivity contribution in [3.8, 4) is 11.6 Å². The Bertz CT molecular complexity index is 888. The van der Waals surface area contributed by atoms with Crippen molar-refractivity contribution in [2.45, 2.75) is 6.42 Å². The molecule has 0 saturated carbocycles. The molecule has 0 fully saturated rings. The first kappa shape index (κ1) is 17.7. The number of hydrogen-bond acceptors (Lipinski definition) is 6. The van der Waals surface area contributed by atoms with Gasteiger partial charge in [0.25, 0.3) is 0 Å². The molecule has 26 heavy (non-hydrogen) atoms. The highest BCUT2D eigenvalue weighted by Crippen LogP contribution is 2.29. The third kappa shape index (κ3) is 4.70. The lowest BCUT2D eigenvalue weighted by Crippen LogP contribution is -2.31. The first-order valence-corrected chi connectivity index (χ1v) is 8.54. The number of benzene rings is 2. The van der Waals surface area contributed by atoms with Crippen LogP contribution in [0.1, 0.15) is 5.56 Å². The zero-order valence-corrected chi connectivity index (χ0v) is 15.2. The fourth-order valence-electron chi connectivity index (χ4n) is 2.13. The number of halogens is 1. The number of carbonyl (C=O) groups excluding carboxylic acids is 1. The van der Waals surface area contributed by atoms with Crippen LogP contribution in [0.4, 0.5) is 11.5 Å². The maximum Gasteiger partial charge on any atom is 0.248 e. The van der Waals surface area contributed by atoms with Crippen LogP contribution in [0.25, 0.3) is 0 Å². The Kier molecular flexibility index (Phi) is 5.65. The van der Waals surface area contributed by atoms with Gasteiger partial charge in [0.1, 0.15) is 17.8 Å². The van der Waals surface area contributed by atoms with Gasteiger partial charge in [0.05, 0.1) is 6.42 Å². The van der Waals surface area contributed by atoms with Crippen LogP contribution < -0.4 is 21.3 Å². The molecule has 3 rings (SSSR count). The van der Waals surface area contributed by atoms with E-state index in [4.69, 9.17) is 10.5 Å². The van der Waals surface area contributed by atoms with Gasteiger partial charge in [-0.15, -0.1) is 0 Å². The molecule has 7 nitrogen and oxygen atoms in total. The summed E-state index contributed by atoms with van der Waals surface area (Å²) in [6.07, 6.45) is 1.54. The van der Waals surface area contributed by atoms with E-state index in [0.29, 0.717) is 5.75 Å². The maximum atomic E-state index is 12.0. The first-order valence-electron chi connectivity index (χ1n) is 7.74. The molecule has 3 aromatic rings. The normalized spacial score (nSPS) is 10.2. The molecule has 8 heteroatoms. The Labute approximate surface area is 158 Å². The minimum Gasteiger partial charge on any atom is -0.437 e. The fourth-order valence-corrected chi connectivity index (χ4v) is 2.39.